The molecule has 1 aliphatic carbocycles. The van der Waals surface area contributed by atoms with Crippen molar-refractivity contribution in [3.05, 3.63) is 47.1 Å². The first-order chi connectivity index (χ1) is 12.1. The second-order valence-electron chi connectivity index (χ2n) is 6.45. The minimum absolute atomic E-state index is 0.167. The van der Waals surface area contributed by atoms with E-state index in [0.29, 0.717) is 16.5 Å². The van der Waals surface area contributed by atoms with E-state index in [1.54, 1.807) is 6.20 Å². The lowest BCUT2D eigenvalue weighted by Crippen LogP contribution is -2.39. The summed E-state index contributed by atoms with van der Waals surface area (Å²) in [5.41, 5.74) is 2.57. The monoisotopic (exact) mass is 358 g/mol. The van der Waals surface area contributed by atoms with Gasteiger partial charge in [-0.2, -0.15) is 0 Å². The molecule has 0 radical (unpaired) electrons. The summed E-state index contributed by atoms with van der Waals surface area (Å²) in [7, 11) is 0. The van der Waals surface area contributed by atoms with Crippen molar-refractivity contribution in [1.29, 1.82) is 0 Å². The van der Waals surface area contributed by atoms with Crippen molar-refractivity contribution in [3.8, 4) is 0 Å². The number of rotatable bonds is 4. The summed E-state index contributed by atoms with van der Waals surface area (Å²) in [5, 5.41) is 9.77. The third-order valence-electron chi connectivity index (χ3n) is 4.41. The van der Waals surface area contributed by atoms with Gasteiger partial charge in [0.15, 0.2) is 0 Å². The number of aromatic nitrogens is 1. The molecule has 2 amide bonds. The van der Waals surface area contributed by atoms with Gasteiger partial charge in [0, 0.05) is 16.8 Å². The molecule has 1 saturated carbocycles. The SMILES string of the molecule is Cc1ccc(Nc2ccc(NC(=O)NC3CCCCC3)cn2)cc1Cl. The summed E-state index contributed by atoms with van der Waals surface area (Å²) in [4.78, 5) is 16.4. The molecule has 2 aromatic rings. The number of hydrogen-bond acceptors (Lipinski definition) is 3. The Morgan fingerprint density at radius 2 is 1.88 bits per heavy atom. The second kappa shape index (κ2) is 8.21. The zero-order valence-electron chi connectivity index (χ0n) is 14.3. The molecule has 132 valence electrons. The van der Waals surface area contributed by atoms with Crippen molar-refractivity contribution in [1.82, 2.24) is 10.3 Å². The zero-order valence-corrected chi connectivity index (χ0v) is 15.1. The van der Waals surface area contributed by atoms with Crippen LogP contribution in [0.3, 0.4) is 0 Å². The first-order valence-electron chi connectivity index (χ1n) is 8.67. The number of nitrogens with zero attached hydrogens (tertiary/aromatic N) is 1. The van der Waals surface area contributed by atoms with Crippen molar-refractivity contribution in [2.24, 2.45) is 0 Å². The molecule has 1 heterocycles. The van der Waals surface area contributed by atoms with E-state index in [9.17, 15) is 4.79 Å². The first-order valence-corrected chi connectivity index (χ1v) is 9.05. The quantitative estimate of drug-likeness (QED) is 0.700. The fraction of sp³-hybridized carbons (Fsp3) is 0.368. The number of nitrogens with one attached hydrogen (secondary N) is 3. The zero-order chi connectivity index (χ0) is 17.6. The van der Waals surface area contributed by atoms with Crippen molar-refractivity contribution in [2.75, 3.05) is 10.6 Å². The molecule has 5 nitrogen and oxygen atoms in total. The molecule has 1 aliphatic rings. The van der Waals surface area contributed by atoms with Crippen LogP contribution in [-0.2, 0) is 0 Å². The van der Waals surface area contributed by atoms with Gasteiger partial charge in [-0.05, 0) is 49.6 Å². The standard InChI is InChI=1S/C19H23ClN4O/c1-13-7-8-15(11-17(13)20)22-18-10-9-16(12-21-18)24-19(25)23-14-5-3-2-4-6-14/h7-12,14H,2-6H2,1H3,(H,21,22)(H2,23,24,25). The summed E-state index contributed by atoms with van der Waals surface area (Å²) >= 11 is 6.13. The van der Waals surface area contributed by atoms with E-state index in [0.717, 1.165) is 24.1 Å². The van der Waals surface area contributed by atoms with Crippen LogP contribution in [0.4, 0.5) is 22.0 Å². The molecule has 0 spiro atoms. The Labute approximate surface area is 153 Å². The lowest BCUT2D eigenvalue weighted by molar-refractivity contribution is 0.244. The van der Waals surface area contributed by atoms with Gasteiger partial charge in [0.2, 0.25) is 0 Å². The Kier molecular flexibility index (Phi) is 5.76. The molecular weight excluding hydrogens is 336 g/mol. The molecule has 0 unspecified atom stereocenters. The smallest absolute Gasteiger partial charge is 0.319 e. The molecule has 25 heavy (non-hydrogen) atoms. The van der Waals surface area contributed by atoms with Crippen LogP contribution in [0.15, 0.2) is 36.5 Å². The molecular formula is C19H23ClN4O. The summed E-state index contributed by atoms with van der Waals surface area (Å²) in [6.45, 7) is 1.96. The minimum atomic E-state index is -0.167. The normalized spacial score (nSPS) is 14.8. The van der Waals surface area contributed by atoms with Gasteiger partial charge < -0.3 is 16.0 Å². The molecule has 0 saturated heterocycles. The molecule has 1 aromatic carbocycles. The predicted octanol–water partition coefficient (Wildman–Crippen LogP) is 5.24. The van der Waals surface area contributed by atoms with E-state index < -0.39 is 0 Å². The number of anilines is 3. The molecule has 3 rings (SSSR count). The van der Waals surface area contributed by atoms with Gasteiger partial charge in [-0.15, -0.1) is 0 Å². The van der Waals surface area contributed by atoms with Gasteiger partial charge in [0.25, 0.3) is 0 Å². The summed E-state index contributed by atoms with van der Waals surface area (Å²) in [6, 6.07) is 9.54. The third-order valence-corrected chi connectivity index (χ3v) is 4.81. The van der Waals surface area contributed by atoms with Crippen LogP contribution in [0, 0.1) is 6.92 Å². The van der Waals surface area contributed by atoms with E-state index in [1.807, 2.05) is 37.3 Å². The van der Waals surface area contributed by atoms with E-state index >= 15 is 0 Å². The van der Waals surface area contributed by atoms with E-state index in [1.165, 1.54) is 19.3 Å². The van der Waals surface area contributed by atoms with E-state index in [2.05, 4.69) is 20.9 Å². The largest absolute Gasteiger partial charge is 0.340 e. The van der Waals surface area contributed by atoms with Crippen molar-refractivity contribution in [2.45, 2.75) is 45.1 Å². The lowest BCUT2D eigenvalue weighted by Gasteiger charge is -2.22. The first kappa shape index (κ1) is 17.5. The molecule has 6 heteroatoms. The number of amides is 2. The van der Waals surface area contributed by atoms with Crippen molar-refractivity contribution < 1.29 is 4.79 Å². The van der Waals surface area contributed by atoms with Gasteiger partial charge >= 0.3 is 6.03 Å². The Balaban J connectivity index is 1.54. The van der Waals surface area contributed by atoms with E-state index in [4.69, 9.17) is 11.6 Å². The van der Waals surface area contributed by atoms with Crippen LogP contribution in [0.2, 0.25) is 5.02 Å². The van der Waals surface area contributed by atoms with Crippen LogP contribution in [0.1, 0.15) is 37.7 Å². The Morgan fingerprint density at radius 3 is 2.56 bits per heavy atom. The maximum Gasteiger partial charge on any atom is 0.319 e. The predicted molar refractivity (Wildman–Crippen MR) is 103 cm³/mol. The number of aryl methyl sites for hydroxylation is 1. The molecule has 1 aromatic heterocycles. The van der Waals surface area contributed by atoms with Crippen LogP contribution in [-0.4, -0.2) is 17.1 Å². The lowest BCUT2D eigenvalue weighted by atomic mass is 9.96. The Bertz CT molecular complexity index is 727. The summed E-state index contributed by atoms with van der Waals surface area (Å²) < 4.78 is 0. The topological polar surface area (TPSA) is 66.0 Å². The highest BCUT2D eigenvalue weighted by Crippen LogP contribution is 2.23. The van der Waals surface area contributed by atoms with Gasteiger partial charge in [-0.3, -0.25) is 0 Å². The Hall–Kier alpha value is -2.27. The summed E-state index contributed by atoms with van der Waals surface area (Å²) in [5.74, 6) is 0.693. The third kappa shape index (κ3) is 5.10. The van der Waals surface area contributed by atoms with Crippen LogP contribution in [0.25, 0.3) is 0 Å². The highest BCUT2D eigenvalue weighted by molar-refractivity contribution is 6.31. The summed E-state index contributed by atoms with van der Waals surface area (Å²) in [6.07, 6.45) is 7.41. The number of carbonyl (C=O) groups is 1. The molecule has 0 bridgehead atoms. The van der Waals surface area contributed by atoms with Crippen LogP contribution < -0.4 is 16.0 Å². The van der Waals surface area contributed by atoms with Gasteiger partial charge in [-0.1, -0.05) is 36.9 Å². The van der Waals surface area contributed by atoms with Crippen LogP contribution in [0.5, 0.6) is 0 Å². The molecule has 3 N–H and O–H groups in total. The highest BCUT2D eigenvalue weighted by atomic mass is 35.5. The van der Waals surface area contributed by atoms with Gasteiger partial charge in [0.1, 0.15) is 5.82 Å². The number of carbonyl (C=O) groups excluding carboxylic acids is 1. The molecule has 0 atom stereocenters. The van der Waals surface area contributed by atoms with Crippen LogP contribution >= 0.6 is 11.6 Å². The van der Waals surface area contributed by atoms with Crippen molar-refractivity contribution in [3.63, 3.8) is 0 Å². The average Bonchev–Trinajstić information content (AvgIpc) is 2.61. The molecule has 0 aliphatic heterocycles. The maximum atomic E-state index is 12.0. The van der Waals surface area contributed by atoms with Gasteiger partial charge in [0.05, 0.1) is 11.9 Å². The average molecular weight is 359 g/mol. The molecule has 1 fully saturated rings. The fourth-order valence-electron chi connectivity index (χ4n) is 2.96. The number of halogens is 1. The Morgan fingerprint density at radius 1 is 1.12 bits per heavy atom. The second-order valence-corrected chi connectivity index (χ2v) is 6.86. The number of urea groups is 1. The number of pyridine rings is 1. The highest BCUT2D eigenvalue weighted by Gasteiger charge is 2.15. The number of benzene rings is 1. The maximum absolute atomic E-state index is 12.0. The minimum Gasteiger partial charge on any atom is -0.340 e. The number of hydrogen-bond donors (Lipinski definition) is 3. The van der Waals surface area contributed by atoms with Gasteiger partial charge in [-0.25, -0.2) is 9.78 Å². The van der Waals surface area contributed by atoms with E-state index in [-0.39, 0.29) is 12.1 Å². The van der Waals surface area contributed by atoms with Crippen molar-refractivity contribution >= 4 is 34.8 Å². The fourth-order valence-corrected chi connectivity index (χ4v) is 3.14.